The lowest BCUT2D eigenvalue weighted by molar-refractivity contribution is 0.122. The van der Waals surface area contributed by atoms with Gasteiger partial charge >= 0.3 is 6.03 Å². The van der Waals surface area contributed by atoms with Crippen molar-refractivity contribution in [2.24, 2.45) is 5.92 Å². The van der Waals surface area contributed by atoms with Crippen LogP contribution in [0.5, 0.6) is 0 Å². The lowest BCUT2D eigenvalue weighted by Crippen LogP contribution is -2.35. The number of aromatic nitrogens is 2. The van der Waals surface area contributed by atoms with Crippen molar-refractivity contribution in [1.29, 1.82) is 0 Å². The highest BCUT2D eigenvalue weighted by molar-refractivity contribution is 5.88. The van der Waals surface area contributed by atoms with Crippen molar-refractivity contribution in [2.45, 2.75) is 32.2 Å². The molecule has 0 aromatic carbocycles. The number of carbonyl (C=O) groups is 1. The first-order valence-corrected chi connectivity index (χ1v) is 8.20. The molecule has 0 radical (unpaired) electrons. The molecule has 1 N–H and O–H groups in total. The minimum absolute atomic E-state index is 0.198. The van der Waals surface area contributed by atoms with E-state index in [0.717, 1.165) is 30.7 Å². The molecule has 3 heterocycles. The molecule has 1 aromatic heterocycles. The molecule has 23 heavy (non-hydrogen) atoms. The largest absolute Gasteiger partial charge is 0.324 e. The van der Waals surface area contributed by atoms with Crippen LogP contribution in [0.1, 0.15) is 19.3 Å². The Morgan fingerprint density at radius 2 is 2.13 bits per heavy atom. The Balaban J connectivity index is 1.46. The summed E-state index contributed by atoms with van der Waals surface area (Å²) in [5, 5.41) is 6.62. The number of hydrogen-bond acceptors (Lipinski definition) is 3. The first-order chi connectivity index (χ1) is 11.1. The molecule has 3 rings (SSSR count). The van der Waals surface area contributed by atoms with E-state index < -0.39 is 13.0 Å². The number of likely N-dealkylation sites (tertiary alicyclic amines) is 2. The highest BCUT2D eigenvalue weighted by Gasteiger charge is 2.28. The second-order valence-corrected chi connectivity index (χ2v) is 6.35. The number of anilines is 1. The molecule has 128 valence electrons. The minimum atomic E-state index is -2.46. The Hall–Kier alpha value is -1.70. The summed E-state index contributed by atoms with van der Waals surface area (Å²) >= 11 is 0. The number of urea groups is 1. The monoisotopic (exact) mass is 327 g/mol. The van der Waals surface area contributed by atoms with Gasteiger partial charge in [-0.1, -0.05) is 0 Å². The predicted molar refractivity (Wildman–Crippen MR) is 82.6 cm³/mol. The Kier molecular flexibility index (Phi) is 5.09. The van der Waals surface area contributed by atoms with Crippen LogP contribution in [0.15, 0.2) is 12.3 Å². The average Bonchev–Trinajstić information content (AvgIpc) is 3.21. The zero-order valence-electron chi connectivity index (χ0n) is 13.1. The Morgan fingerprint density at radius 1 is 1.35 bits per heavy atom. The molecule has 1 aromatic rings. The zero-order chi connectivity index (χ0) is 16.2. The molecule has 2 saturated heterocycles. The van der Waals surface area contributed by atoms with Gasteiger partial charge in [0.05, 0.1) is 0 Å². The maximum atomic E-state index is 12.3. The molecule has 2 amide bonds. The van der Waals surface area contributed by atoms with Crippen molar-refractivity contribution >= 4 is 11.8 Å². The summed E-state index contributed by atoms with van der Waals surface area (Å²) in [4.78, 5) is 16.5. The van der Waals surface area contributed by atoms with Crippen LogP contribution < -0.4 is 5.32 Å². The first-order valence-electron chi connectivity index (χ1n) is 8.20. The second kappa shape index (κ2) is 7.25. The SMILES string of the molecule is O=C(Nc1ccn(CC(F)F)n1)N1CC[C@@H](CN2CCCC2)C1. The lowest BCUT2D eigenvalue weighted by atomic mass is 10.1. The Labute approximate surface area is 134 Å². The van der Waals surface area contributed by atoms with Gasteiger partial charge in [0.1, 0.15) is 6.54 Å². The molecular formula is C15H23F2N5O. The first kappa shape index (κ1) is 16.2. The lowest BCUT2D eigenvalue weighted by Gasteiger charge is -2.20. The van der Waals surface area contributed by atoms with Gasteiger partial charge in [-0.25, -0.2) is 13.6 Å². The van der Waals surface area contributed by atoms with E-state index in [1.54, 1.807) is 4.90 Å². The molecule has 0 aliphatic carbocycles. The Morgan fingerprint density at radius 3 is 2.87 bits per heavy atom. The number of hydrogen-bond donors (Lipinski definition) is 1. The normalized spacial score (nSPS) is 22.2. The number of rotatable bonds is 5. The van der Waals surface area contributed by atoms with Gasteiger partial charge in [0.15, 0.2) is 5.82 Å². The van der Waals surface area contributed by atoms with Crippen LogP contribution in [0, 0.1) is 5.92 Å². The highest BCUT2D eigenvalue weighted by Crippen LogP contribution is 2.20. The summed E-state index contributed by atoms with van der Waals surface area (Å²) in [6.45, 7) is 4.43. The van der Waals surface area contributed by atoms with Crippen LogP contribution in [-0.2, 0) is 6.54 Å². The van der Waals surface area contributed by atoms with Crippen molar-refractivity contribution in [3.05, 3.63) is 12.3 Å². The van der Waals surface area contributed by atoms with Gasteiger partial charge < -0.3 is 9.80 Å². The van der Waals surface area contributed by atoms with Gasteiger partial charge in [-0.15, -0.1) is 0 Å². The Bertz CT molecular complexity index is 530. The van der Waals surface area contributed by atoms with Crippen LogP contribution in [0.25, 0.3) is 0 Å². The van der Waals surface area contributed by atoms with Crippen molar-refractivity contribution in [1.82, 2.24) is 19.6 Å². The maximum absolute atomic E-state index is 12.3. The fourth-order valence-electron chi connectivity index (χ4n) is 3.36. The van der Waals surface area contributed by atoms with E-state index in [1.165, 1.54) is 38.2 Å². The molecule has 0 saturated carbocycles. The number of halogens is 2. The topological polar surface area (TPSA) is 53.4 Å². The number of amides is 2. The molecule has 2 aliphatic rings. The average molecular weight is 327 g/mol. The van der Waals surface area contributed by atoms with Crippen molar-refractivity contribution in [3.8, 4) is 0 Å². The van der Waals surface area contributed by atoms with E-state index >= 15 is 0 Å². The van der Waals surface area contributed by atoms with E-state index in [2.05, 4.69) is 15.3 Å². The quantitative estimate of drug-likeness (QED) is 0.901. The van der Waals surface area contributed by atoms with Crippen LogP contribution in [0.4, 0.5) is 19.4 Å². The van der Waals surface area contributed by atoms with Crippen molar-refractivity contribution in [3.63, 3.8) is 0 Å². The van der Waals surface area contributed by atoms with Gasteiger partial charge in [-0.05, 0) is 38.3 Å². The summed E-state index contributed by atoms with van der Waals surface area (Å²) in [5.74, 6) is 0.842. The summed E-state index contributed by atoms with van der Waals surface area (Å²) in [5.41, 5.74) is 0. The highest BCUT2D eigenvalue weighted by atomic mass is 19.3. The van der Waals surface area contributed by atoms with Gasteiger partial charge in [-0.2, -0.15) is 5.10 Å². The van der Waals surface area contributed by atoms with Gasteiger partial charge in [0.25, 0.3) is 6.43 Å². The van der Waals surface area contributed by atoms with E-state index in [1.807, 2.05) is 0 Å². The molecule has 0 bridgehead atoms. The van der Waals surface area contributed by atoms with Crippen molar-refractivity contribution in [2.75, 3.05) is 38.0 Å². The van der Waals surface area contributed by atoms with E-state index in [9.17, 15) is 13.6 Å². The molecule has 2 fully saturated rings. The predicted octanol–water partition coefficient (Wildman–Crippen LogP) is 2.10. The molecule has 6 nitrogen and oxygen atoms in total. The van der Waals surface area contributed by atoms with E-state index in [4.69, 9.17) is 0 Å². The number of nitrogens with zero attached hydrogens (tertiary/aromatic N) is 4. The summed E-state index contributed by atoms with van der Waals surface area (Å²) in [6.07, 6.45) is 2.56. The molecular weight excluding hydrogens is 304 g/mol. The third kappa shape index (κ3) is 4.40. The van der Waals surface area contributed by atoms with Crippen LogP contribution in [0.2, 0.25) is 0 Å². The molecule has 2 aliphatic heterocycles. The third-order valence-electron chi connectivity index (χ3n) is 4.49. The molecule has 8 heteroatoms. The minimum Gasteiger partial charge on any atom is -0.324 e. The number of nitrogens with one attached hydrogen (secondary N) is 1. The fraction of sp³-hybridized carbons (Fsp3) is 0.733. The number of carbonyl (C=O) groups excluding carboxylic acids is 1. The van der Waals surface area contributed by atoms with Crippen LogP contribution in [0.3, 0.4) is 0 Å². The van der Waals surface area contributed by atoms with Crippen molar-refractivity contribution < 1.29 is 13.6 Å². The smallest absolute Gasteiger partial charge is 0.323 e. The van der Waals surface area contributed by atoms with Gasteiger partial charge in [0.2, 0.25) is 0 Å². The van der Waals surface area contributed by atoms with Crippen LogP contribution in [-0.4, -0.2) is 64.8 Å². The van der Waals surface area contributed by atoms with Crippen LogP contribution >= 0.6 is 0 Å². The molecule has 0 unspecified atom stereocenters. The maximum Gasteiger partial charge on any atom is 0.323 e. The second-order valence-electron chi connectivity index (χ2n) is 6.35. The summed E-state index contributed by atoms with van der Waals surface area (Å²) < 4.78 is 25.7. The molecule has 1 atom stereocenters. The third-order valence-corrected chi connectivity index (χ3v) is 4.49. The van der Waals surface area contributed by atoms with E-state index in [-0.39, 0.29) is 6.03 Å². The molecule has 0 spiro atoms. The number of alkyl halides is 2. The summed E-state index contributed by atoms with van der Waals surface area (Å²) in [6, 6.07) is 1.34. The fourth-order valence-corrected chi connectivity index (χ4v) is 3.36. The van der Waals surface area contributed by atoms with Gasteiger partial charge in [0, 0.05) is 31.9 Å². The van der Waals surface area contributed by atoms with Gasteiger partial charge in [-0.3, -0.25) is 10.00 Å². The summed E-state index contributed by atoms with van der Waals surface area (Å²) in [7, 11) is 0. The zero-order valence-corrected chi connectivity index (χ0v) is 13.1. The van der Waals surface area contributed by atoms with E-state index in [0.29, 0.717) is 11.7 Å². The standard InChI is InChI=1S/C15H23F2N5O/c16-13(17)11-22-8-4-14(19-22)18-15(23)21-7-3-12(10-21)9-20-5-1-2-6-20/h4,8,12-13H,1-3,5-7,9-11H2,(H,18,19,23)/t12-/m0/s1.